The number of carbonyl (C=O) groups excluding carboxylic acids is 1. The molecule has 0 unspecified atom stereocenters. The van der Waals surface area contributed by atoms with Crippen molar-refractivity contribution in [2.45, 2.75) is 26.4 Å². The van der Waals surface area contributed by atoms with Crippen LogP contribution < -0.4 is 0 Å². The van der Waals surface area contributed by atoms with Crippen molar-refractivity contribution < 1.29 is 13.6 Å². The Morgan fingerprint density at radius 1 is 1.17 bits per heavy atom. The number of halogens is 2. The van der Waals surface area contributed by atoms with Crippen LogP contribution >= 0.6 is 0 Å². The second kappa shape index (κ2) is 7.01. The van der Waals surface area contributed by atoms with Gasteiger partial charge in [-0.1, -0.05) is 12.1 Å². The number of carbonyl (C=O) groups is 1. The molecule has 5 heteroatoms. The van der Waals surface area contributed by atoms with E-state index in [-0.39, 0.29) is 18.2 Å². The van der Waals surface area contributed by atoms with E-state index >= 15 is 0 Å². The normalized spacial score (nSPS) is 10.4. The van der Waals surface area contributed by atoms with Gasteiger partial charge in [0.1, 0.15) is 11.6 Å². The van der Waals surface area contributed by atoms with Crippen LogP contribution in [0.15, 0.2) is 42.5 Å². The second-order valence-electron chi connectivity index (χ2n) is 5.46. The molecule has 118 valence electrons. The number of rotatable bonds is 4. The molecule has 0 fully saturated rings. The van der Waals surface area contributed by atoms with Gasteiger partial charge in [0.25, 0.3) is 5.91 Å². The van der Waals surface area contributed by atoms with Gasteiger partial charge < -0.3 is 4.90 Å². The molecule has 0 aliphatic carbocycles. The molecule has 0 bridgehead atoms. The SMILES string of the molecule is CC(C)N(Cc1ccc(C#N)cc1)C(=O)c1ccc(F)cc1F. The van der Waals surface area contributed by atoms with Gasteiger partial charge in [-0.2, -0.15) is 5.26 Å². The molecule has 3 nitrogen and oxygen atoms in total. The Hall–Kier alpha value is -2.74. The molecule has 0 saturated heterocycles. The van der Waals surface area contributed by atoms with Crippen LogP contribution in [0.5, 0.6) is 0 Å². The first-order valence-electron chi connectivity index (χ1n) is 7.17. The summed E-state index contributed by atoms with van der Waals surface area (Å²) in [5.74, 6) is -2.09. The summed E-state index contributed by atoms with van der Waals surface area (Å²) in [6, 6.07) is 11.6. The third kappa shape index (κ3) is 3.92. The largest absolute Gasteiger partial charge is 0.332 e. The van der Waals surface area contributed by atoms with Crippen LogP contribution in [0.4, 0.5) is 8.78 Å². The first kappa shape index (κ1) is 16.6. The zero-order valence-corrected chi connectivity index (χ0v) is 12.9. The van der Waals surface area contributed by atoms with Gasteiger partial charge in [-0.05, 0) is 43.7 Å². The third-order valence-electron chi connectivity index (χ3n) is 3.48. The van der Waals surface area contributed by atoms with Crippen LogP contribution in [-0.2, 0) is 6.54 Å². The van der Waals surface area contributed by atoms with Gasteiger partial charge >= 0.3 is 0 Å². The van der Waals surface area contributed by atoms with Crippen LogP contribution in [0, 0.1) is 23.0 Å². The molecule has 0 radical (unpaired) electrons. The van der Waals surface area contributed by atoms with Gasteiger partial charge in [-0.15, -0.1) is 0 Å². The Balaban J connectivity index is 2.26. The average Bonchev–Trinajstić information content (AvgIpc) is 2.52. The maximum atomic E-state index is 13.8. The molecule has 0 spiro atoms. The lowest BCUT2D eigenvalue weighted by molar-refractivity contribution is 0.0685. The maximum Gasteiger partial charge on any atom is 0.257 e. The summed E-state index contributed by atoms with van der Waals surface area (Å²) in [6.45, 7) is 3.92. The summed E-state index contributed by atoms with van der Waals surface area (Å²) in [7, 11) is 0. The Morgan fingerprint density at radius 3 is 2.35 bits per heavy atom. The van der Waals surface area contributed by atoms with E-state index in [0.29, 0.717) is 11.6 Å². The molecule has 2 aromatic rings. The first-order valence-corrected chi connectivity index (χ1v) is 7.17. The van der Waals surface area contributed by atoms with Crippen molar-refractivity contribution in [3.63, 3.8) is 0 Å². The molecule has 0 aliphatic heterocycles. The fourth-order valence-electron chi connectivity index (χ4n) is 2.19. The lowest BCUT2D eigenvalue weighted by Gasteiger charge is -2.27. The fraction of sp³-hybridized carbons (Fsp3) is 0.222. The number of hydrogen-bond donors (Lipinski definition) is 0. The molecule has 2 rings (SSSR count). The number of benzene rings is 2. The van der Waals surface area contributed by atoms with E-state index in [0.717, 1.165) is 17.7 Å². The summed E-state index contributed by atoms with van der Waals surface area (Å²) < 4.78 is 26.8. The highest BCUT2D eigenvalue weighted by Crippen LogP contribution is 2.17. The second-order valence-corrected chi connectivity index (χ2v) is 5.46. The highest BCUT2D eigenvalue weighted by molar-refractivity contribution is 5.94. The quantitative estimate of drug-likeness (QED) is 0.859. The highest BCUT2D eigenvalue weighted by Gasteiger charge is 2.22. The predicted molar refractivity (Wildman–Crippen MR) is 82.5 cm³/mol. The third-order valence-corrected chi connectivity index (χ3v) is 3.48. The van der Waals surface area contributed by atoms with E-state index in [2.05, 4.69) is 0 Å². The van der Waals surface area contributed by atoms with E-state index in [4.69, 9.17) is 5.26 Å². The molecular weight excluding hydrogens is 298 g/mol. The van der Waals surface area contributed by atoms with Crippen LogP contribution in [-0.4, -0.2) is 16.8 Å². The van der Waals surface area contributed by atoms with Crippen LogP contribution in [0.25, 0.3) is 0 Å². The number of nitrogens with zero attached hydrogens (tertiary/aromatic N) is 2. The summed E-state index contributed by atoms with van der Waals surface area (Å²) in [5.41, 5.74) is 1.20. The molecule has 0 aliphatic rings. The predicted octanol–water partition coefficient (Wildman–Crippen LogP) is 3.89. The lowest BCUT2D eigenvalue weighted by atomic mass is 10.1. The molecular formula is C18H16F2N2O. The van der Waals surface area contributed by atoms with E-state index in [1.807, 2.05) is 19.9 Å². The van der Waals surface area contributed by atoms with E-state index in [1.165, 1.54) is 4.90 Å². The molecule has 0 heterocycles. The smallest absolute Gasteiger partial charge is 0.257 e. The Kier molecular flexibility index (Phi) is 5.07. The molecule has 1 amide bonds. The van der Waals surface area contributed by atoms with Gasteiger partial charge in [0.05, 0.1) is 17.2 Å². The highest BCUT2D eigenvalue weighted by atomic mass is 19.1. The molecule has 0 aromatic heterocycles. The lowest BCUT2D eigenvalue weighted by Crippen LogP contribution is -2.36. The van der Waals surface area contributed by atoms with Crippen molar-refractivity contribution in [3.05, 3.63) is 70.8 Å². The topological polar surface area (TPSA) is 44.1 Å². The first-order chi connectivity index (χ1) is 10.9. The Labute approximate surface area is 133 Å². The minimum atomic E-state index is -0.875. The molecule has 23 heavy (non-hydrogen) atoms. The van der Waals surface area contributed by atoms with Crippen molar-refractivity contribution in [1.29, 1.82) is 5.26 Å². The van der Waals surface area contributed by atoms with Gasteiger partial charge in [-0.3, -0.25) is 4.79 Å². The van der Waals surface area contributed by atoms with Crippen molar-refractivity contribution in [2.24, 2.45) is 0 Å². The van der Waals surface area contributed by atoms with Crippen LogP contribution in [0.3, 0.4) is 0 Å². The summed E-state index contributed by atoms with van der Waals surface area (Å²) in [6.07, 6.45) is 0. The van der Waals surface area contributed by atoms with Crippen molar-refractivity contribution in [1.82, 2.24) is 4.90 Å². The molecule has 2 aromatic carbocycles. The van der Waals surface area contributed by atoms with E-state index in [1.54, 1.807) is 24.3 Å². The summed E-state index contributed by atoms with van der Waals surface area (Å²) in [4.78, 5) is 14.1. The Bertz CT molecular complexity index is 749. The number of amides is 1. The zero-order chi connectivity index (χ0) is 17.0. The van der Waals surface area contributed by atoms with Gasteiger partial charge in [-0.25, -0.2) is 8.78 Å². The number of hydrogen-bond acceptors (Lipinski definition) is 2. The van der Waals surface area contributed by atoms with Crippen LogP contribution in [0.2, 0.25) is 0 Å². The van der Waals surface area contributed by atoms with Crippen molar-refractivity contribution >= 4 is 5.91 Å². The standard InChI is InChI=1S/C18H16F2N2O/c1-12(2)22(11-14-5-3-13(10-21)4-6-14)18(23)16-8-7-15(19)9-17(16)20/h3-9,12H,11H2,1-2H3. The zero-order valence-electron chi connectivity index (χ0n) is 12.9. The van der Waals surface area contributed by atoms with Crippen molar-refractivity contribution in [3.8, 4) is 6.07 Å². The molecule has 0 N–H and O–H groups in total. The molecule has 0 atom stereocenters. The van der Waals surface area contributed by atoms with Crippen LogP contribution in [0.1, 0.15) is 35.3 Å². The van der Waals surface area contributed by atoms with Gasteiger partial charge in [0.2, 0.25) is 0 Å². The molecule has 0 saturated carbocycles. The minimum Gasteiger partial charge on any atom is -0.332 e. The Morgan fingerprint density at radius 2 is 1.83 bits per heavy atom. The van der Waals surface area contributed by atoms with Gasteiger partial charge in [0.15, 0.2) is 0 Å². The van der Waals surface area contributed by atoms with Gasteiger partial charge in [0, 0.05) is 18.7 Å². The monoisotopic (exact) mass is 314 g/mol. The minimum absolute atomic E-state index is 0.159. The van der Waals surface area contributed by atoms with Crippen molar-refractivity contribution in [2.75, 3.05) is 0 Å². The maximum absolute atomic E-state index is 13.8. The average molecular weight is 314 g/mol. The fourth-order valence-corrected chi connectivity index (χ4v) is 2.19. The number of nitriles is 1. The summed E-state index contributed by atoms with van der Waals surface area (Å²) >= 11 is 0. The van der Waals surface area contributed by atoms with E-state index < -0.39 is 17.5 Å². The van der Waals surface area contributed by atoms with E-state index in [9.17, 15) is 13.6 Å². The summed E-state index contributed by atoms with van der Waals surface area (Å²) in [5, 5.41) is 8.80.